The second-order valence-corrected chi connectivity index (χ2v) is 8.95. The standard InChI is InChI=1S/C23H33N3O2.C3H6O/c1-5-20(24)23(28)25-17(14-15(2)3)11-13-22(27)26-21-12-10-16(4)18-8-6-7-9-19(18)21;1-3(2)4/h6-9,11,13,15-17,20H,5,10,12,14,24H2,1-4H3,(H,25,28);1-2H3/b13-11+,26-21?;/t16?,17-,20+;/m1./s1. The predicted molar refractivity (Wildman–Crippen MR) is 131 cm³/mol. The van der Waals surface area contributed by atoms with Gasteiger partial charge in [0.25, 0.3) is 5.91 Å². The van der Waals surface area contributed by atoms with Gasteiger partial charge in [-0.2, -0.15) is 0 Å². The molecule has 0 aliphatic heterocycles. The van der Waals surface area contributed by atoms with Gasteiger partial charge in [-0.3, -0.25) is 9.59 Å². The van der Waals surface area contributed by atoms with Gasteiger partial charge in [-0.25, -0.2) is 4.99 Å². The zero-order chi connectivity index (χ0) is 24.3. The Hall–Kier alpha value is -2.60. The minimum atomic E-state index is -0.528. The number of aliphatic imine (C=N–C) groups is 1. The number of hydrogen-bond donors (Lipinski definition) is 2. The molecule has 3 atom stereocenters. The zero-order valence-electron chi connectivity index (χ0n) is 20.4. The number of nitrogens with zero attached hydrogens (tertiary/aromatic N) is 1. The summed E-state index contributed by atoms with van der Waals surface area (Å²) in [4.78, 5) is 38.4. The summed E-state index contributed by atoms with van der Waals surface area (Å²) in [6.45, 7) is 11.3. The largest absolute Gasteiger partial charge is 0.349 e. The van der Waals surface area contributed by atoms with Crippen molar-refractivity contribution in [3.05, 3.63) is 47.5 Å². The summed E-state index contributed by atoms with van der Waals surface area (Å²) >= 11 is 0. The number of carbonyl (C=O) groups is 3. The van der Waals surface area contributed by atoms with E-state index < -0.39 is 6.04 Å². The number of amides is 2. The molecule has 3 N–H and O–H groups in total. The summed E-state index contributed by atoms with van der Waals surface area (Å²) in [5.41, 5.74) is 8.98. The minimum Gasteiger partial charge on any atom is -0.349 e. The molecule has 1 aromatic carbocycles. The second-order valence-electron chi connectivity index (χ2n) is 8.95. The van der Waals surface area contributed by atoms with Crippen LogP contribution in [0.2, 0.25) is 0 Å². The molecule has 1 aliphatic carbocycles. The number of nitrogens with one attached hydrogen (secondary N) is 1. The average molecular weight is 442 g/mol. The van der Waals surface area contributed by atoms with Crippen LogP contribution in [0.25, 0.3) is 0 Å². The lowest BCUT2D eigenvalue weighted by Gasteiger charge is -2.23. The monoisotopic (exact) mass is 441 g/mol. The Bertz CT molecular complexity index is 838. The van der Waals surface area contributed by atoms with Crippen molar-refractivity contribution in [2.45, 2.75) is 85.2 Å². The van der Waals surface area contributed by atoms with Gasteiger partial charge in [0.15, 0.2) is 0 Å². The highest BCUT2D eigenvalue weighted by Crippen LogP contribution is 2.31. The Labute approximate surface area is 192 Å². The molecule has 32 heavy (non-hydrogen) atoms. The van der Waals surface area contributed by atoms with Gasteiger partial charge in [0.05, 0.1) is 11.8 Å². The van der Waals surface area contributed by atoms with Crippen LogP contribution >= 0.6 is 0 Å². The van der Waals surface area contributed by atoms with Crippen molar-refractivity contribution in [2.75, 3.05) is 0 Å². The van der Waals surface area contributed by atoms with Crippen molar-refractivity contribution < 1.29 is 14.4 Å². The molecule has 1 unspecified atom stereocenters. The van der Waals surface area contributed by atoms with E-state index in [0.717, 1.165) is 30.5 Å². The molecule has 6 heteroatoms. The average Bonchev–Trinajstić information content (AvgIpc) is 2.72. The summed E-state index contributed by atoms with van der Waals surface area (Å²) in [5, 5.41) is 2.93. The van der Waals surface area contributed by atoms with E-state index in [1.807, 2.05) is 25.1 Å². The van der Waals surface area contributed by atoms with Gasteiger partial charge in [0.1, 0.15) is 5.78 Å². The lowest BCUT2D eigenvalue weighted by atomic mass is 9.83. The van der Waals surface area contributed by atoms with E-state index in [1.165, 1.54) is 25.5 Å². The quantitative estimate of drug-likeness (QED) is 0.615. The molecule has 0 fully saturated rings. The molecule has 0 saturated heterocycles. The van der Waals surface area contributed by atoms with E-state index in [4.69, 9.17) is 5.73 Å². The van der Waals surface area contributed by atoms with Crippen molar-refractivity contribution in [1.82, 2.24) is 5.32 Å². The molecule has 0 bridgehead atoms. The first-order valence-corrected chi connectivity index (χ1v) is 11.5. The molecule has 0 radical (unpaired) electrons. The molecule has 0 aromatic heterocycles. The van der Waals surface area contributed by atoms with Gasteiger partial charge in [0, 0.05) is 12.1 Å². The number of Topliss-reactive ketones (excluding diaryl/α,β-unsaturated/α-hetero) is 1. The smallest absolute Gasteiger partial charge is 0.269 e. The maximum Gasteiger partial charge on any atom is 0.269 e. The molecule has 2 amide bonds. The molecule has 6 nitrogen and oxygen atoms in total. The first-order valence-electron chi connectivity index (χ1n) is 11.5. The van der Waals surface area contributed by atoms with Crippen LogP contribution in [-0.4, -0.2) is 35.4 Å². The number of ketones is 1. The number of hydrogen-bond acceptors (Lipinski definition) is 4. The van der Waals surface area contributed by atoms with Crippen LogP contribution in [-0.2, 0) is 14.4 Å². The van der Waals surface area contributed by atoms with Crippen LogP contribution < -0.4 is 11.1 Å². The third-order valence-corrected chi connectivity index (χ3v) is 5.16. The molecule has 1 aromatic rings. The van der Waals surface area contributed by atoms with Gasteiger partial charge >= 0.3 is 0 Å². The molecule has 176 valence electrons. The molecular weight excluding hydrogens is 402 g/mol. The van der Waals surface area contributed by atoms with Crippen LogP contribution in [0.3, 0.4) is 0 Å². The second kappa shape index (κ2) is 13.7. The Kier molecular flexibility index (Phi) is 11.8. The van der Waals surface area contributed by atoms with E-state index in [0.29, 0.717) is 18.3 Å². The highest BCUT2D eigenvalue weighted by Gasteiger charge is 2.21. The number of carbonyl (C=O) groups excluding carboxylic acids is 3. The summed E-state index contributed by atoms with van der Waals surface area (Å²) in [6.07, 6.45) is 6.32. The van der Waals surface area contributed by atoms with Crippen LogP contribution in [0.4, 0.5) is 0 Å². The van der Waals surface area contributed by atoms with Gasteiger partial charge < -0.3 is 15.8 Å². The molecule has 0 spiro atoms. The molecule has 0 saturated carbocycles. The van der Waals surface area contributed by atoms with Gasteiger partial charge in [-0.1, -0.05) is 58.0 Å². The Morgan fingerprint density at radius 1 is 1.22 bits per heavy atom. The Morgan fingerprint density at radius 3 is 2.44 bits per heavy atom. The van der Waals surface area contributed by atoms with Crippen LogP contribution in [0.15, 0.2) is 41.4 Å². The first kappa shape index (κ1) is 27.4. The third kappa shape index (κ3) is 9.69. The minimum absolute atomic E-state index is 0.167. The zero-order valence-corrected chi connectivity index (χ0v) is 20.4. The molecule has 1 aliphatic rings. The Morgan fingerprint density at radius 2 is 1.84 bits per heavy atom. The third-order valence-electron chi connectivity index (χ3n) is 5.16. The fourth-order valence-corrected chi connectivity index (χ4v) is 3.49. The van der Waals surface area contributed by atoms with E-state index in [1.54, 1.807) is 6.08 Å². The summed E-state index contributed by atoms with van der Waals surface area (Å²) in [5.74, 6) is 0.545. The van der Waals surface area contributed by atoms with Gasteiger partial charge in [-0.15, -0.1) is 0 Å². The van der Waals surface area contributed by atoms with E-state index >= 15 is 0 Å². The van der Waals surface area contributed by atoms with Crippen LogP contribution in [0.1, 0.15) is 84.3 Å². The van der Waals surface area contributed by atoms with E-state index in [9.17, 15) is 14.4 Å². The fraction of sp³-hybridized carbons (Fsp3) is 0.538. The molecular formula is C26H39N3O3. The SMILES string of the molecule is CC(C)=O.CC[C@H](N)C(=O)N[C@H](/C=C/C(=O)N=C1CCC(C)c2ccccc21)CC(C)C. The lowest BCUT2D eigenvalue weighted by molar-refractivity contribution is -0.123. The van der Waals surface area contributed by atoms with Crippen molar-refractivity contribution in [2.24, 2.45) is 16.6 Å². The summed E-state index contributed by atoms with van der Waals surface area (Å²) < 4.78 is 0. The van der Waals surface area contributed by atoms with Crippen molar-refractivity contribution in [3.63, 3.8) is 0 Å². The number of nitrogens with two attached hydrogens (primary N) is 1. The highest BCUT2D eigenvalue weighted by molar-refractivity contribution is 6.10. The van der Waals surface area contributed by atoms with Gasteiger partial charge in [0.2, 0.25) is 5.91 Å². The maximum atomic E-state index is 12.5. The van der Waals surface area contributed by atoms with Crippen molar-refractivity contribution in [3.8, 4) is 0 Å². The maximum absolute atomic E-state index is 12.5. The van der Waals surface area contributed by atoms with Gasteiger partial charge in [-0.05, 0) is 62.5 Å². The van der Waals surface area contributed by atoms with E-state index in [-0.39, 0.29) is 23.6 Å². The van der Waals surface area contributed by atoms with Crippen molar-refractivity contribution >= 4 is 23.3 Å². The predicted octanol–water partition coefficient (Wildman–Crippen LogP) is 4.32. The number of rotatable bonds is 7. The lowest BCUT2D eigenvalue weighted by Crippen LogP contribution is -2.44. The summed E-state index contributed by atoms with van der Waals surface area (Å²) in [7, 11) is 0. The molecule has 0 heterocycles. The fourth-order valence-electron chi connectivity index (χ4n) is 3.49. The number of fused-ring (bicyclic) bond motifs is 1. The van der Waals surface area contributed by atoms with Crippen LogP contribution in [0.5, 0.6) is 0 Å². The summed E-state index contributed by atoms with van der Waals surface area (Å²) in [6, 6.07) is 7.40. The van der Waals surface area contributed by atoms with Crippen molar-refractivity contribution in [1.29, 1.82) is 0 Å². The van der Waals surface area contributed by atoms with E-state index in [2.05, 4.69) is 37.1 Å². The Balaban J connectivity index is 0.00000118. The number of benzene rings is 1. The molecule has 2 rings (SSSR count). The van der Waals surface area contributed by atoms with Crippen LogP contribution in [0, 0.1) is 5.92 Å². The first-order chi connectivity index (χ1) is 15.0. The topological polar surface area (TPSA) is 102 Å². The normalized spacial score (nSPS) is 18.5. The highest BCUT2D eigenvalue weighted by atomic mass is 16.2.